The number of benzene rings is 3. The first-order chi connectivity index (χ1) is 20.2. The third-order valence-corrected chi connectivity index (χ3v) is 8.61. The molecule has 41 heavy (non-hydrogen) atoms. The van der Waals surface area contributed by atoms with Crippen molar-refractivity contribution >= 4 is 5.95 Å². The molecule has 0 aliphatic carbocycles. The first kappa shape index (κ1) is 25.6. The summed E-state index contributed by atoms with van der Waals surface area (Å²) < 4.78 is 17.3. The van der Waals surface area contributed by atoms with Gasteiger partial charge in [-0.3, -0.25) is 9.58 Å². The molecule has 0 radical (unpaired) electrons. The lowest BCUT2D eigenvalue weighted by atomic mass is 9.75. The third kappa shape index (κ3) is 4.32. The van der Waals surface area contributed by atoms with E-state index in [0.29, 0.717) is 24.7 Å². The van der Waals surface area contributed by atoms with Crippen LogP contribution >= 0.6 is 0 Å². The molecule has 6 nitrogen and oxygen atoms in total. The molecule has 0 saturated carbocycles. The summed E-state index contributed by atoms with van der Waals surface area (Å²) in [6.45, 7) is 3.04. The molecule has 1 fully saturated rings. The van der Waals surface area contributed by atoms with Gasteiger partial charge in [0.2, 0.25) is 5.95 Å². The summed E-state index contributed by atoms with van der Waals surface area (Å²) in [5.41, 5.74) is 5.95. The Morgan fingerprint density at radius 1 is 0.707 bits per heavy atom. The third-order valence-electron chi connectivity index (χ3n) is 8.61. The zero-order chi connectivity index (χ0) is 27.8. The second-order valence-corrected chi connectivity index (χ2v) is 11.0. The van der Waals surface area contributed by atoms with Gasteiger partial charge < -0.3 is 4.90 Å². The highest BCUT2D eigenvalue weighted by Crippen LogP contribution is 2.47. The molecule has 0 unspecified atom stereocenters. The maximum Gasteiger partial charge on any atom is 0.226 e. The van der Waals surface area contributed by atoms with Crippen LogP contribution in [0, 0.1) is 5.82 Å². The minimum atomic E-state index is -0.566. The Bertz CT molecular complexity index is 1550. The standard InChI is InChI=1S/C34H33FN6/c1-39-30-24-41(23-28(30)31(38-39)32-29(35)22-36-33(37-32)40-20-12-5-13-21-40)34(25-14-6-2-7-15-25,26-16-8-3-9-17-26)27-18-10-4-11-19-27/h2-4,6-11,14-19,22H,5,12-13,20-21,23-24H2,1H3. The fraction of sp³-hybridized carbons (Fsp3) is 0.265. The van der Waals surface area contributed by atoms with E-state index < -0.39 is 11.4 Å². The molecule has 2 aliphatic heterocycles. The van der Waals surface area contributed by atoms with Crippen molar-refractivity contribution < 1.29 is 4.39 Å². The van der Waals surface area contributed by atoms with Gasteiger partial charge in [0.25, 0.3) is 0 Å². The van der Waals surface area contributed by atoms with Crippen LogP contribution in [0.4, 0.5) is 10.3 Å². The first-order valence-corrected chi connectivity index (χ1v) is 14.4. The lowest BCUT2D eigenvalue weighted by Gasteiger charge is -2.43. The van der Waals surface area contributed by atoms with Gasteiger partial charge in [0, 0.05) is 38.8 Å². The Morgan fingerprint density at radius 2 is 1.27 bits per heavy atom. The molecular formula is C34H33FN6. The molecule has 0 amide bonds. The summed E-state index contributed by atoms with van der Waals surface area (Å²) in [5, 5.41) is 4.83. The van der Waals surface area contributed by atoms with E-state index in [0.717, 1.165) is 37.2 Å². The summed E-state index contributed by atoms with van der Waals surface area (Å²) in [4.78, 5) is 13.8. The highest BCUT2D eigenvalue weighted by Gasteiger charge is 2.46. The summed E-state index contributed by atoms with van der Waals surface area (Å²) >= 11 is 0. The smallest absolute Gasteiger partial charge is 0.226 e. The number of aromatic nitrogens is 4. The van der Waals surface area contributed by atoms with Gasteiger partial charge in [-0.1, -0.05) is 91.0 Å². The second-order valence-electron chi connectivity index (χ2n) is 11.0. The second kappa shape index (κ2) is 10.6. The van der Waals surface area contributed by atoms with Crippen molar-refractivity contribution in [1.82, 2.24) is 24.6 Å². The molecule has 7 rings (SSSR count). The van der Waals surface area contributed by atoms with E-state index in [1.165, 1.54) is 29.3 Å². The summed E-state index contributed by atoms with van der Waals surface area (Å²) in [6.07, 6.45) is 4.72. The van der Waals surface area contributed by atoms with Gasteiger partial charge in [-0.05, 0) is 36.0 Å². The first-order valence-electron chi connectivity index (χ1n) is 14.4. The number of hydrogen-bond donors (Lipinski definition) is 0. The van der Waals surface area contributed by atoms with Gasteiger partial charge in [0.05, 0.1) is 17.4 Å². The van der Waals surface area contributed by atoms with Gasteiger partial charge in [-0.15, -0.1) is 0 Å². The van der Waals surface area contributed by atoms with E-state index >= 15 is 4.39 Å². The molecular weight excluding hydrogens is 511 g/mol. The zero-order valence-electron chi connectivity index (χ0n) is 23.2. The van der Waals surface area contributed by atoms with Crippen LogP contribution in [0.15, 0.2) is 97.2 Å². The van der Waals surface area contributed by atoms with Crippen LogP contribution in [0.3, 0.4) is 0 Å². The van der Waals surface area contributed by atoms with E-state index in [1.54, 1.807) is 0 Å². The monoisotopic (exact) mass is 544 g/mol. The van der Waals surface area contributed by atoms with E-state index in [1.807, 2.05) is 11.7 Å². The molecule has 1 saturated heterocycles. The number of piperidine rings is 1. The largest absolute Gasteiger partial charge is 0.341 e. The quantitative estimate of drug-likeness (QED) is 0.234. The van der Waals surface area contributed by atoms with E-state index in [-0.39, 0.29) is 5.69 Å². The van der Waals surface area contributed by atoms with Crippen molar-refractivity contribution in [2.45, 2.75) is 37.9 Å². The van der Waals surface area contributed by atoms with Crippen LogP contribution in [0.25, 0.3) is 11.4 Å². The SMILES string of the molecule is Cn1nc(-c2nc(N3CCCCC3)ncc2F)c2c1CN(C(c1ccccc1)(c1ccccc1)c1ccccc1)C2. The molecule has 0 N–H and O–H groups in total. The maximum atomic E-state index is 15.4. The van der Waals surface area contributed by atoms with Crippen LogP contribution in [-0.2, 0) is 25.7 Å². The number of rotatable bonds is 6. The molecule has 206 valence electrons. The summed E-state index contributed by atoms with van der Waals surface area (Å²) in [7, 11) is 1.95. The highest BCUT2D eigenvalue weighted by molar-refractivity contribution is 5.63. The number of fused-ring (bicyclic) bond motifs is 1. The molecule has 3 aromatic carbocycles. The van der Waals surface area contributed by atoms with E-state index in [9.17, 15) is 0 Å². The minimum absolute atomic E-state index is 0.281. The van der Waals surface area contributed by atoms with Crippen molar-refractivity contribution in [3.8, 4) is 11.4 Å². The Kier molecular flexibility index (Phi) is 6.59. The van der Waals surface area contributed by atoms with Crippen molar-refractivity contribution in [1.29, 1.82) is 0 Å². The van der Waals surface area contributed by atoms with E-state index in [2.05, 4.69) is 106 Å². The number of anilines is 1. The van der Waals surface area contributed by atoms with Crippen LogP contribution in [0.1, 0.15) is 47.2 Å². The van der Waals surface area contributed by atoms with Crippen molar-refractivity contribution in [2.24, 2.45) is 7.05 Å². The molecule has 0 atom stereocenters. The average molecular weight is 545 g/mol. The van der Waals surface area contributed by atoms with Gasteiger partial charge in [0.1, 0.15) is 11.4 Å². The van der Waals surface area contributed by atoms with E-state index in [4.69, 9.17) is 10.1 Å². The molecule has 5 aromatic rings. The molecule has 0 spiro atoms. The van der Waals surface area contributed by atoms with Gasteiger partial charge >= 0.3 is 0 Å². The molecule has 2 aromatic heterocycles. The average Bonchev–Trinajstić information content (AvgIpc) is 3.60. The zero-order valence-corrected chi connectivity index (χ0v) is 23.2. The Morgan fingerprint density at radius 3 is 1.83 bits per heavy atom. The molecule has 2 aliphatic rings. The Labute approximate surface area is 240 Å². The van der Waals surface area contributed by atoms with Crippen LogP contribution in [0.2, 0.25) is 0 Å². The predicted molar refractivity (Wildman–Crippen MR) is 159 cm³/mol. The van der Waals surface area contributed by atoms with Gasteiger partial charge in [-0.2, -0.15) is 5.10 Å². The lowest BCUT2D eigenvalue weighted by molar-refractivity contribution is 0.154. The molecule has 0 bridgehead atoms. The predicted octanol–water partition coefficient (Wildman–Crippen LogP) is 6.31. The Balaban J connectivity index is 1.37. The van der Waals surface area contributed by atoms with Crippen LogP contribution < -0.4 is 4.90 Å². The normalized spacial score (nSPS) is 15.7. The van der Waals surface area contributed by atoms with Crippen molar-refractivity contribution in [3.05, 3.63) is 131 Å². The van der Waals surface area contributed by atoms with Crippen LogP contribution in [0.5, 0.6) is 0 Å². The topological polar surface area (TPSA) is 50.1 Å². The minimum Gasteiger partial charge on any atom is -0.341 e. The van der Waals surface area contributed by atoms with Gasteiger partial charge in [-0.25, -0.2) is 14.4 Å². The molecule has 7 heteroatoms. The van der Waals surface area contributed by atoms with Crippen LogP contribution in [-0.4, -0.2) is 37.7 Å². The number of nitrogens with zero attached hydrogens (tertiary/aromatic N) is 6. The fourth-order valence-corrected chi connectivity index (χ4v) is 6.68. The highest BCUT2D eigenvalue weighted by atomic mass is 19.1. The van der Waals surface area contributed by atoms with Crippen molar-refractivity contribution in [3.63, 3.8) is 0 Å². The summed E-state index contributed by atoms with van der Waals surface area (Å²) in [5.74, 6) is 0.146. The van der Waals surface area contributed by atoms with Crippen molar-refractivity contribution in [2.75, 3.05) is 18.0 Å². The lowest BCUT2D eigenvalue weighted by Crippen LogP contribution is -2.45. The van der Waals surface area contributed by atoms with Gasteiger partial charge in [0.15, 0.2) is 5.82 Å². The summed E-state index contributed by atoms with van der Waals surface area (Å²) in [6, 6.07) is 32.0. The molecule has 4 heterocycles. The Hall–Kier alpha value is -4.36. The maximum absolute atomic E-state index is 15.4. The number of aryl methyl sites for hydroxylation is 1. The number of hydrogen-bond acceptors (Lipinski definition) is 5. The fourth-order valence-electron chi connectivity index (χ4n) is 6.68. The number of halogens is 1.